The molecule has 0 radical (unpaired) electrons. The van der Waals surface area contributed by atoms with E-state index in [0.29, 0.717) is 11.4 Å². The maximum atomic E-state index is 4.48. The molecule has 0 aliphatic rings. The molecule has 0 N–H and O–H groups in total. The third-order valence-corrected chi connectivity index (χ3v) is 4.92. The highest BCUT2D eigenvalue weighted by Crippen LogP contribution is 2.33. The van der Waals surface area contributed by atoms with E-state index in [9.17, 15) is 0 Å². The molecule has 0 aromatic heterocycles. The molecule has 5 aromatic carbocycles. The monoisotopic (exact) mass is 386 g/mol. The summed E-state index contributed by atoms with van der Waals surface area (Å²) in [4.78, 5) is 0. The van der Waals surface area contributed by atoms with Gasteiger partial charge in [-0.3, -0.25) is 0 Å². The van der Waals surface area contributed by atoms with Crippen LogP contribution in [0.5, 0.6) is 0 Å². The molecule has 0 bridgehead atoms. The summed E-state index contributed by atoms with van der Waals surface area (Å²) in [5.74, 6) is 0. The van der Waals surface area contributed by atoms with Gasteiger partial charge in [-0.25, -0.2) is 0 Å². The Morgan fingerprint density at radius 1 is 0.367 bits per heavy atom. The molecular weight excluding hydrogens is 368 g/mol. The van der Waals surface area contributed by atoms with Crippen LogP contribution in [0.2, 0.25) is 0 Å². The van der Waals surface area contributed by atoms with Gasteiger partial charge in [-0.1, -0.05) is 78.9 Å². The summed E-state index contributed by atoms with van der Waals surface area (Å²) in [6.07, 6.45) is 0. The number of benzene rings is 5. The van der Waals surface area contributed by atoms with E-state index in [0.717, 1.165) is 27.5 Å². The van der Waals surface area contributed by atoms with Crippen LogP contribution in [0.15, 0.2) is 130 Å². The highest BCUT2D eigenvalue weighted by atomic mass is 15.2. The minimum Gasteiger partial charge on any atom is -0.150 e. The van der Waals surface area contributed by atoms with Crippen LogP contribution in [0.3, 0.4) is 0 Å². The van der Waals surface area contributed by atoms with E-state index in [1.54, 1.807) is 0 Å². The van der Waals surface area contributed by atoms with Gasteiger partial charge < -0.3 is 0 Å². The number of azo groups is 2. The molecule has 5 rings (SSSR count). The molecule has 0 amide bonds. The lowest BCUT2D eigenvalue weighted by molar-refractivity contribution is 1.19. The largest absolute Gasteiger partial charge is 0.150 e. The van der Waals surface area contributed by atoms with E-state index in [4.69, 9.17) is 0 Å². The van der Waals surface area contributed by atoms with Gasteiger partial charge in [-0.05, 0) is 46.5 Å². The molecule has 0 saturated carbocycles. The molecule has 0 fully saturated rings. The van der Waals surface area contributed by atoms with Crippen molar-refractivity contribution in [1.82, 2.24) is 0 Å². The molecule has 4 heteroatoms. The minimum absolute atomic E-state index is 0.676. The summed E-state index contributed by atoms with van der Waals surface area (Å²) < 4.78 is 0. The molecule has 0 unspecified atom stereocenters. The Morgan fingerprint density at radius 3 is 1.77 bits per heavy atom. The van der Waals surface area contributed by atoms with Crippen LogP contribution in [0.25, 0.3) is 21.5 Å². The standard InChI is InChI=1S/C26H18N4/c1-2-10-21-18-22(17-16-19(21)8-1)27-29-25-13-5-6-14-26(25)30-28-24-15-7-11-20-9-3-4-12-23(20)24/h1-18H. The molecular formula is C26H18N4. The van der Waals surface area contributed by atoms with Crippen molar-refractivity contribution in [2.75, 3.05) is 0 Å². The third kappa shape index (κ3) is 3.71. The van der Waals surface area contributed by atoms with Gasteiger partial charge in [0, 0.05) is 5.39 Å². The predicted molar refractivity (Wildman–Crippen MR) is 123 cm³/mol. The lowest BCUT2D eigenvalue weighted by Gasteiger charge is -2.02. The van der Waals surface area contributed by atoms with Crippen LogP contribution in [-0.4, -0.2) is 0 Å². The van der Waals surface area contributed by atoms with Crippen LogP contribution in [0, 0.1) is 0 Å². The van der Waals surface area contributed by atoms with E-state index in [-0.39, 0.29) is 0 Å². The number of hydrogen-bond donors (Lipinski definition) is 0. The predicted octanol–water partition coefficient (Wildman–Crippen LogP) is 8.82. The normalized spacial score (nSPS) is 11.7. The highest BCUT2D eigenvalue weighted by molar-refractivity contribution is 5.92. The van der Waals surface area contributed by atoms with Gasteiger partial charge in [-0.15, -0.1) is 15.3 Å². The first-order chi connectivity index (χ1) is 14.9. The van der Waals surface area contributed by atoms with Gasteiger partial charge in [0.2, 0.25) is 0 Å². The first-order valence-corrected chi connectivity index (χ1v) is 9.76. The summed E-state index contributed by atoms with van der Waals surface area (Å²) in [6.45, 7) is 0. The van der Waals surface area contributed by atoms with Gasteiger partial charge in [0.25, 0.3) is 0 Å². The van der Waals surface area contributed by atoms with Crippen LogP contribution in [0.4, 0.5) is 22.7 Å². The number of fused-ring (bicyclic) bond motifs is 2. The molecule has 0 spiro atoms. The Morgan fingerprint density at radius 2 is 0.933 bits per heavy atom. The molecule has 142 valence electrons. The zero-order chi connectivity index (χ0) is 20.2. The van der Waals surface area contributed by atoms with Gasteiger partial charge in [0.15, 0.2) is 0 Å². The molecule has 4 nitrogen and oxygen atoms in total. The van der Waals surface area contributed by atoms with Crippen molar-refractivity contribution in [1.29, 1.82) is 0 Å². The summed E-state index contributed by atoms with van der Waals surface area (Å²) in [5, 5.41) is 22.3. The van der Waals surface area contributed by atoms with Crippen molar-refractivity contribution in [3.05, 3.63) is 109 Å². The molecule has 0 heterocycles. The van der Waals surface area contributed by atoms with Crippen molar-refractivity contribution in [2.24, 2.45) is 20.5 Å². The topological polar surface area (TPSA) is 49.4 Å². The Balaban J connectivity index is 1.46. The van der Waals surface area contributed by atoms with Crippen molar-refractivity contribution in [2.45, 2.75) is 0 Å². The van der Waals surface area contributed by atoms with E-state index in [1.165, 1.54) is 5.39 Å². The van der Waals surface area contributed by atoms with Crippen LogP contribution in [0.1, 0.15) is 0 Å². The van der Waals surface area contributed by atoms with Crippen molar-refractivity contribution in [3.63, 3.8) is 0 Å². The number of rotatable bonds is 4. The van der Waals surface area contributed by atoms with Crippen LogP contribution >= 0.6 is 0 Å². The van der Waals surface area contributed by atoms with E-state index < -0.39 is 0 Å². The Hall–Kier alpha value is -4.18. The summed E-state index contributed by atoms with van der Waals surface area (Å²) in [5.41, 5.74) is 2.98. The van der Waals surface area contributed by atoms with Crippen molar-refractivity contribution < 1.29 is 0 Å². The van der Waals surface area contributed by atoms with E-state index in [1.807, 2.05) is 72.8 Å². The van der Waals surface area contributed by atoms with Gasteiger partial charge in [0.05, 0.1) is 11.4 Å². The molecule has 0 aliphatic heterocycles. The second-order valence-corrected chi connectivity index (χ2v) is 6.92. The smallest absolute Gasteiger partial charge is 0.113 e. The molecule has 30 heavy (non-hydrogen) atoms. The summed E-state index contributed by atoms with van der Waals surface area (Å²) >= 11 is 0. The minimum atomic E-state index is 0.676. The zero-order valence-electron chi connectivity index (χ0n) is 16.2. The van der Waals surface area contributed by atoms with E-state index in [2.05, 4.69) is 56.9 Å². The summed E-state index contributed by atoms with van der Waals surface area (Å²) in [7, 11) is 0. The van der Waals surface area contributed by atoms with Crippen molar-refractivity contribution >= 4 is 44.3 Å². The quantitative estimate of drug-likeness (QED) is 0.277. The zero-order valence-corrected chi connectivity index (χ0v) is 16.2. The molecule has 0 atom stereocenters. The number of hydrogen-bond acceptors (Lipinski definition) is 4. The maximum absolute atomic E-state index is 4.48. The van der Waals surface area contributed by atoms with E-state index >= 15 is 0 Å². The van der Waals surface area contributed by atoms with Gasteiger partial charge in [-0.2, -0.15) is 5.11 Å². The average Bonchev–Trinajstić information content (AvgIpc) is 2.82. The van der Waals surface area contributed by atoms with Gasteiger partial charge in [0.1, 0.15) is 11.4 Å². The Labute approximate surface area is 174 Å². The molecule has 5 aromatic rings. The fourth-order valence-corrected chi connectivity index (χ4v) is 3.39. The molecule has 0 aliphatic carbocycles. The lowest BCUT2D eigenvalue weighted by atomic mass is 10.1. The average molecular weight is 386 g/mol. The Bertz CT molecular complexity index is 1400. The number of nitrogens with zero attached hydrogens (tertiary/aromatic N) is 4. The first-order valence-electron chi connectivity index (χ1n) is 9.76. The fraction of sp³-hybridized carbons (Fsp3) is 0. The Kier molecular flexibility index (Phi) is 4.80. The van der Waals surface area contributed by atoms with Crippen LogP contribution < -0.4 is 0 Å². The third-order valence-electron chi connectivity index (χ3n) is 4.92. The van der Waals surface area contributed by atoms with Crippen molar-refractivity contribution in [3.8, 4) is 0 Å². The van der Waals surface area contributed by atoms with Crippen LogP contribution in [-0.2, 0) is 0 Å². The highest BCUT2D eigenvalue weighted by Gasteiger charge is 2.02. The van der Waals surface area contributed by atoms with Gasteiger partial charge >= 0.3 is 0 Å². The summed E-state index contributed by atoms with van der Waals surface area (Å²) in [6, 6.07) is 36.0. The fourth-order valence-electron chi connectivity index (χ4n) is 3.39. The lowest BCUT2D eigenvalue weighted by Crippen LogP contribution is -1.73. The maximum Gasteiger partial charge on any atom is 0.113 e. The molecule has 0 saturated heterocycles. The second-order valence-electron chi connectivity index (χ2n) is 6.92. The first kappa shape index (κ1) is 17.9. The SMILES string of the molecule is c1ccc(N=Nc2cccc3ccccc23)c(N=Nc2ccc3ccccc3c2)c1. The second kappa shape index (κ2) is 8.05.